The first-order valence-electron chi connectivity index (χ1n) is 5.83. The van der Waals surface area contributed by atoms with Gasteiger partial charge >= 0.3 is 5.97 Å². The van der Waals surface area contributed by atoms with E-state index >= 15 is 0 Å². The summed E-state index contributed by atoms with van der Waals surface area (Å²) in [4.78, 5) is 11.7. The van der Waals surface area contributed by atoms with Crippen LogP contribution < -0.4 is 0 Å². The summed E-state index contributed by atoms with van der Waals surface area (Å²) in [7, 11) is 0. The van der Waals surface area contributed by atoms with Gasteiger partial charge in [-0.2, -0.15) is 0 Å². The van der Waals surface area contributed by atoms with E-state index in [0.29, 0.717) is 5.76 Å². The van der Waals surface area contributed by atoms with Crippen LogP contribution in [0.4, 0.5) is 0 Å². The van der Waals surface area contributed by atoms with Crippen molar-refractivity contribution in [1.29, 1.82) is 0 Å². The van der Waals surface area contributed by atoms with Crippen LogP contribution in [0.3, 0.4) is 0 Å². The van der Waals surface area contributed by atoms with Gasteiger partial charge in [-0.1, -0.05) is 32.2 Å². The molecule has 0 atom stereocenters. The summed E-state index contributed by atoms with van der Waals surface area (Å²) in [5, 5.41) is 0. The Hall–Kier alpha value is -1.31. The fourth-order valence-corrected chi connectivity index (χ4v) is 1.92. The second-order valence-electron chi connectivity index (χ2n) is 4.44. The molecule has 0 unspecified atom stereocenters. The van der Waals surface area contributed by atoms with Crippen LogP contribution in [0.25, 0.3) is 0 Å². The molecular formula is C14H20O2. The van der Waals surface area contributed by atoms with E-state index in [1.54, 1.807) is 18.2 Å². The molecule has 16 heavy (non-hydrogen) atoms. The van der Waals surface area contributed by atoms with E-state index in [2.05, 4.69) is 20.1 Å². The Morgan fingerprint density at radius 3 is 2.50 bits per heavy atom. The van der Waals surface area contributed by atoms with Crippen molar-refractivity contribution in [3.63, 3.8) is 0 Å². The van der Waals surface area contributed by atoms with Crippen LogP contribution >= 0.6 is 0 Å². The normalized spacial score (nSPS) is 25.3. The lowest BCUT2D eigenvalue weighted by molar-refractivity contribution is -0.145. The molecule has 88 valence electrons. The Bertz CT molecular complexity index is 294. The van der Waals surface area contributed by atoms with Crippen molar-refractivity contribution in [3.05, 3.63) is 37.1 Å². The molecule has 2 nitrogen and oxygen atoms in total. The molecule has 0 heterocycles. The second kappa shape index (κ2) is 6.31. The molecule has 0 radical (unpaired) electrons. The number of allylic oxidation sites excluding steroid dienone is 3. The van der Waals surface area contributed by atoms with Crippen LogP contribution in [-0.2, 0) is 9.53 Å². The highest BCUT2D eigenvalue weighted by molar-refractivity contribution is 5.73. The van der Waals surface area contributed by atoms with Crippen molar-refractivity contribution in [2.24, 2.45) is 11.8 Å². The third-order valence-corrected chi connectivity index (χ3v) is 3.00. The molecule has 0 aromatic heterocycles. The first-order valence-corrected chi connectivity index (χ1v) is 5.83. The molecular weight excluding hydrogens is 200 g/mol. The van der Waals surface area contributed by atoms with Gasteiger partial charge in [-0.15, -0.1) is 0 Å². The zero-order valence-electron chi connectivity index (χ0n) is 9.95. The first-order chi connectivity index (χ1) is 7.63. The van der Waals surface area contributed by atoms with E-state index in [9.17, 15) is 4.79 Å². The maximum absolute atomic E-state index is 11.7. The molecule has 1 aliphatic carbocycles. The molecule has 0 aromatic carbocycles. The minimum atomic E-state index is -0.134. The number of hydrogen-bond donors (Lipinski definition) is 0. The number of esters is 1. The minimum absolute atomic E-state index is 0.0603. The quantitative estimate of drug-likeness (QED) is 0.411. The van der Waals surface area contributed by atoms with Gasteiger partial charge in [0.05, 0.1) is 5.92 Å². The summed E-state index contributed by atoms with van der Waals surface area (Å²) in [6.45, 7) is 9.44. The van der Waals surface area contributed by atoms with Crippen LogP contribution in [0.5, 0.6) is 0 Å². The first kappa shape index (κ1) is 12.8. The molecule has 1 fully saturated rings. The summed E-state index contributed by atoms with van der Waals surface area (Å²) in [6, 6.07) is 0. The van der Waals surface area contributed by atoms with Crippen molar-refractivity contribution in [2.45, 2.75) is 32.6 Å². The molecule has 2 heteroatoms. The van der Waals surface area contributed by atoms with Crippen LogP contribution in [0, 0.1) is 11.8 Å². The molecule has 1 aliphatic rings. The largest absolute Gasteiger partial charge is 0.427 e. The highest BCUT2D eigenvalue weighted by Gasteiger charge is 2.25. The monoisotopic (exact) mass is 220 g/mol. The maximum Gasteiger partial charge on any atom is 0.314 e. The van der Waals surface area contributed by atoms with Gasteiger partial charge < -0.3 is 4.74 Å². The summed E-state index contributed by atoms with van der Waals surface area (Å²) in [6.07, 6.45) is 9.11. The van der Waals surface area contributed by atoms with Gasteiger partial charge in [0.1, 0.15) is 5.76 Å². The van der Waals surface area contributed by atoms with Crippen molar-refractivity contribution in [1.82, 2.24) is 0 Å². The summed E-state index contributed by atoms with van der Waals surface area (Å²) < 4.78 is 5.16. The van der Waals surface area contributed by atoms with Crippen LogP contribution in [-0.4, -0.2) is 5.97 Å². The predicted octanol–water partition coefficient (Wildman–Crippen LogP) is 3.61. The molecule has 0 aromatic rings. The topological polar surface area (TPSA) is 26.3 Å². The Morgan fingerprint density at radius 1 is 1.31 bits per heavy atom. The Kier molecular flexibility index (Phi) is 5.03. The van der Waals surface area contributed by atoms with Crippen LogP contribution in [0.2, 0.25) is 0 Å². The Morgan fingerprint density at radius 2 is 1.94 bits per heavy atom. The van der Waals surface area contributed by atoms with Gasteiger partial charge in [0.15, 0.2) is 0 Å². The highest BCUT2D eigenvalue weighted by Crippen LogP contribution is 2.29. The molecule has 0 bridgehead atoms. The van der Waals surface area contributed by atoms with Gasteiger partial charge in [-0.05, 0) is 37.7 Å². The zero-order valence-corrected chi connectivity index (χ0v) is 9.95. The summed E-state index contributed by atoms with van der Waals surface area (Å²) in [5.74, 6) is 1.06. The molecule has 0 spiro atoms. The van der Waals surface area contributed by atoms with Crippen LogP contribution in [0.15, 0.2) is 37.1 Å². The summed E-state index contributed by atoms with van der Waals surface area (Å²) >= 11 is 0. The number of hydrogen-bond acceptors (Lipinski definition) is 2. The average Bonchev–Trinajstić information content (AvgIpc) is 2.27. The van der Waals surface area contributed by atoms with Gasteiger partial charge in [0, 0.05) is 0 Å². The van der Waals surface area contributed by atoms with E-state index in [-0.39, 0.29) is 11.9 Å². The van der Waals surface area contributed by atoms with E-state index in [0.717, 1.165) is 31.6 Å². The molecule has 0 saturated heterocycles. The smallest absolute Gasteiger partial charge is 0.314 e. The zero-order chi connectivity index (χ0) is 12.0. The fourth-order valence-electron chi connectivity index (χ4n) is 1.92. The lowest BCUT2D eigenvalue weighted by atomic mass is 9.83. The minimum Gasteiger partial charge on any atom is -0.427 e. The number of rotatable bonds is 4. The number of carbonyl (C=O) groups is 1. The van der Waals surface area contributed by atoms with Gasteiger partial charge in [-0.3, -0.25) is 4.79 Å². The average molecular weight is 220 g/mol. The lowest BCUT2D eigenvalue weighted by Crippen LogP contribution is -2.22. The predicted molar refractivity (Wildman–Crippen MR) is 65.7 cm³/mol. The molecule has 1 saturated carbocycles. The lowest BCUT2D eigenvalue weighted by Gasteiger charge is -2.24. The van der Waals surface area contributed by atoms with Crippen molar-refractivity contribution in [2.75, 3.05) is 0 Å². The van der Waals surface area contributed by atoms with Gasteiger partial charge in [0.2, 0.25) is 0 Å². The van der Waals surface area contributed by atoms with Crippen molar-refractivity contribution < 1.29 is 9.53 Å². The molecule has 0 N–H and O–H groups in total. The molecule has 0 aliphatic heterocycles. The second-order valence-corrected chi connectivity index (χ2v) is 4.44. The Labute approximate surface area is 97.7 Å². The third kappa shape index (κ3) is 4.05. The standard InChI is InChI=1S/C14H20O2/c1-4-5-6-12(3)16-14(15)13-9-7-11(2)8-10-13/h4-6,11,13H,1,3,7-10H2,2H3/b6-5-. The third-order valence-electron chi connectivity index (χ3n) is 3.00. The highest BCUT2D eigenvalue weighted by atomic mass is 16.5. The Balaban J connectivity index is 2.37. The van der Waals surface area contributed by atoms with Crippen molar-refractivity contribution >= 4 is 5.97 Å². The van der Waals surface area contributed by atoms with E-state index in [1.165, 1.54) is 0 Å². The van der Waals surface area contributed by atoms with Crippen molar-refractivity contribution in [3.8, 4) is 0 Å². The van der Waals surface area contributed by atoms with Gasteiger partial charge in [0.25, 0.3) is 0 Å². The van der Waals surface area contributed by atoms with E-state index < -0.39 is 0 Å². The van der Waals surface area contributed by atoms with E-state index in [4.69, 9.17) is 4.74 Å². The SMILES string of the molecule is C=C/C=C\C(=C)OC(=O)C1CCC(C)CC1. The molecule has 1 rings (SSSR count). The summed E-state index contributed by atoms with van der Waals surface area (Å²) in [5.41, 5.74) is 0. The van der Waals surface area contributed by atoms with Gasteiger partial charge in [-0.25, -0.2) is 0 Å². The number of ether oxygens (including phenoxy) is 1. The molecule has 0 amide bonds. The fraction of sp³-hybridized carbons (Fsp3) is 0.500. The maximum atomic E-state index is 11.7. The number of carbonyl (C=O) groups excluding carboxylic acids is 1. The van der Waals surface area contributed by atoms with Crippen LogP contribution in [0.1, 0.15) is 32.6 Å². The van der Waals surface area contributed by atoms with E-state index in [1.807, 2.05) is 0 Å².